The van der Waals surface area contributed by atoms with Gasteiger partial charge < -0.3 is 4.79 Å². The SMILES string of the molecule is Cc1nn(C)c(C(C)CC=O)c1Cl. The van der Waals surface area contributed by atoms with Crippen molar-refractivity contribution in [2.45, 2.75) is 26.2 Å². The molecule has 0 radical (unpaired) electrons. The lowest BCUT2D eigenvalue weighted by atomic mass is 10.0. The van der Waals surface area contributed by atoms with Gasteiger partial charge in [-0.3, -0.25) is 4.68 Å². The topological polar surface area (TPSA) is 34.9 Å². The molecule has 0 aliphatic carbocycles. The van der Waals surface area contributed by atoms with E-state index in [1.165, 1.54) is 0 Å². The molecule has 1 atom stereocenters. The standard InChI is InChI=1S/C9H13ClN2O/c1-6(4-5-13)9-8(10)7(2)11-12(9)3/h5-6H,4H2,1-3H3. The molecule has 0 bridgehead atoms. The summed E-state index contributed by atoms with van der Waals surface area (Å²) in [6.07, 6.45) is 1.39. The van der Waals surface area contributed by atoms with E-state index in [0.29, 0.717) is 11.4 Å². The van der Waals surface area contributed by atoms with Crippen LogP contribution in [0.3, 0.4) is 0 Å². The number of rotatable bonds is 3. The molecule has 0 aliphatic rings. The van der Waals surface area contributed by atoms with Crippen LogP contribution in [0.25, 0.3) is 0 Å². The Labute approximate surface area is 82.7 Å². The Bertz CT molecular complexity index is 320. The molecule has 1 unspecified atom stereocenters. The average molecular weight is 201 g/mol. The lowest BCUT2D eigenvalue weighted by Crippen LogP contribution is -2.03. The molecular weight excluding hydrogens is 188 g/mol. The lowest BCUT2D eigenvalue weighted by molar-refractivity contribution is -0.108. The first-order valence-electron chi connectivity index (χ1n) is 4.20. The van der Waals surface area contributed by atoms with Gasteiger partial charge in [-0.25, -0.2) is 0 Å². The van der Waals surface area contributed by atoms with Crippen molar-refractivity contribution in [2.75, 3.05) is 0 Å². The number of hydrogen-bond acceptors (Lipinski definition) is 2. The zero-order valence-electron chi connectivity index (χ0n) is 8.04. The zero-order chi connectivity index (χ0) is 10.0. The van der Waals surface area contributed by atoms with Crippen molar-refractivity contribution in [3.05, 3.63) is 16.4 Å². The molecule has 72 valence electrons. The fourth-order valence-electron chi connectivity index (χ4n) is 1.44. The molecule has 0 fully saturated rings. The van der Waals surface area contributed by atoms with E-state index in [1.54, 1.807) is 4.68 Å². The lowest BCUT2D eigenvalue weighted by Gasteiger charge is -2.08. The van der Waals surface area contributed by atoms with Gasteiger partial charge in [-0.1, -0.05) is 18.5 Å². The van der Waals surface area contributed by atoms with Crippen molar-refractivity contribution >= 4 is 17.9 Å². The first-order chi connectivity index (χ1) is 6.07. The van der Waals surface area contributed by atoms with Crippen molar-refractivity contribution < 1.29 is 4.79 Å². The molecule has 1 aromatic rings. The Kier molecular flexibility index (Phi) is 3.09. The summed E-state index contributed by atoms with van der Waals surface area (Å²) in [6, 6.07) is 0. The van der Waals surface area contributed by atoms with E-state index in [9.17, 15) is 4.79 Å². The maximum atomic E-state index is 10.3. The largest absolute Gasteiger partial charge is 0.303 e. The molecule has 13 heavy (non-hydrogen) atoms. The average Bonchev–Trinajstić information content (AvgIpc) is 2.27. The molecular formula is C9H13ClN2O. The predicted octanol–water partition coefficient (Wildman–Crippen LogP) is 2.07. The maximum Gasteiger partial charge on any atom is 0.120 e. The van der Waals surface area contributed by atoms with Crippen molar-refractivity contribution in [3.8, 4) is 0 Å². The van der Waals surface area contributed by atoms with Crippen molar-refractivity contribution in [1.82, 2.24) is 9.78 Å². The first kappa shape index (κ1) is 10.3. The molecule has 0 aromatic carbocycles. The summed E-state index contributed by atoms with van der Waals surface area (Å²) in [5.74, 6) is 0.135. The zero-order valence-corrected chi connectivity index (χ0v) is 8.80. The normalized spacial score (nSPS) is 12.9. The highest BCUT2D eigenvalue weighted by atomic mass is 35.5. The second-order valence-electron chi connectivity index (χ2n) is 3.21. The summed E-state index contributed by atoms with van der Waals surface area (Å²) >= 11 is 6.05. The van der Waals surface area contributed by atoms with Gasteiger partial charge in [-0.2, -0.15) is 5.10 Å². The van der Waals surface area contributed by atoms with Crippen LogP contribution >= 0.6 is 11.6 Å². The van der Waals surface area contributed by atoms with Gasteiger partial charge in [-0.15, -0.1) is 0 Å². The fraction of sp³-hybridized carbons (Fsp3) is 0.556. The van der Waals surface area contributed by atoms with Gasteiger partial charge in [-0.05, 0) is 6.92 Å². The molecule has 0 N–H and O–H groups in total. The minimum absolute atomic E-state index is 0.135. The molecule has 0 amide bonds. The third-order valence-corrected chi connectivity index (χ3v) is 2.57. The Balaban J connectivity index is 3.05. The van der Waals surface area contributed by atoms with Crippen LogP contribution in [0.5, 0.6) is 0 Å². The van der Waals surface area contributed by atoms with Crippen LogP contribution in [0.4, 0.5) is 0 Å². The third kappa shape index (κ3) is 1.91. The van der Waals surface area contributed by atoms with Crippen LogP contribution in [0.15, 0.2) is 0 Å². The summed E-state index contributed by atoms with van der Waals surface area (Å²) in [7, 11) is 1.84. The van der Waals surface area contributed by atoms with Crippen molar-refractivity contribution in [1.29, 1.82) is 0 Å². The smallest absolute Gasteiger partial charge is 0.120 e. The molecule has 1 aromatic heterocycles. The van der Waals surface area contributed by atoms with Gasteiger partial charge in [0.1, 0.15) is 6.29 Å². The number of carbonyl (C=O) groups is 1. The second kappa shape index (κ2) is 3.92. The van der Waals surface area contributed by atoms with Crippen LogP contribution in [0.1, 0.15) is 30.7 Å². The summed E-state index contributed by atoms with van der Waals surface area (Å²) in [4.78, 5) is 10.3. The van der Waals surface area contributed by atoms with E-state index < -0.39 is 0 Å². The number of aldehydes is 1. The highest BCUT2D eigenvalue weighted by molar-refractivity contribution is 6.31. The second-order valence-corrected chi connectivity index (χ2v) is 3.59. The number of hydrogen-bond donors (Lipinski definition) is 0. The maximum absolute atomic E-state index is 10.3. The molecule has 1 heterocycles. The van der Waals surface area contributed by atoms with Gasteiger partial charge in [0.15, 0.2) is 0 Å². The Morgan fingerprint density at radius 2 is 2.31 bits per heavy atom. The summed E-state index contributed by atoms with van der Waals surface area (Å²) in [5.41, 5.74) is 1.75. The fourth-order valence-corrected chi connectivity index (χ4v) is 1.79. The predicted molar refractivity (Wildman–Crippen MR) is 52.1 cm³/mol. The monoisotopic (exact) mass is 200 g/mol. The summed E-state index contributed by atoms with van der Waals surface area (Å²) in [5, 5.41) is 4.86. The molecule has 3 nitrogen and oxygen atoms in total. The minimum atomic E-state index is 0.135. The first-order valence-corrected chi connectivity index (χ1v) is 4.58. The van der Waals surface area contributed by atoms with Crippen LogP contribution in [0.2, 0.25) is 5.02 Å². The molecule has 0 saturated heterocycles. The third-order valence-electron chi connectivity index (χ3n) is 2.11. The number of halogens is 1. The van der Waals surface area contributed by atoms with Crippen LogP contribution in [0, 0.1) is 6.92 Å². The van der Waals surface area contributed by atoms with Gasteiger partial charge in [0, 0.05) is 19.4 Å². The molecule has 0 saturated carbocycles. The van der Waals surface area contributed by atoms with E-state index in [1.807, 2.05) is 20.9 Å². The van der Waals surface area contributed by atoms with E-state index in [0.717, 1.165) is 17.7 Å². The highest BCUT2D eigenvalue weighted by Crippen LogP contribution is 2.27. The quantitative estimate of drug-likeness (QED) is 0.701. The van der Waals surface area contributed by atoms with Crippen molar-refractivity contribution in [2.24, 2.45) is 7.05 Å². The number of aromatic nitrogens is 2. The highest BCUT2D eigenvalue weighted by Gasteiger charge is 2.16. The number of aryl methyl sites for hydroxylation is 2. The molecule has 0 aliphatic heterocycles. The Hall–Kier alpha value is -0.830. The van der Waals surface area contributed by atoms with E-state index in [2.05, 4.69) is 5.10 Å². The molecule has 1 rings (SSSR count). The van der Waals surface area contributed by atoms with E-state index in [4.69, 9.17) is 11.6 Å². The number of carbonyl (C=O) groups excluding carboxylic acids is 1. The van der Waals surface area contributed by atoms with E-state index in [-0.39, 0.29) is 5.92 Å². The van der Waals surface area contributed by atoms with Crippen LogP contribution < -0.4 is 0 Å². The van der Waals surface area contributed by atoms with Crippen LogP contribution in [-0.4, -0.2) is 16.1 Å². The van der Waals surface area contributed by atoms with Gasteiger partial charge in [0.2, 0.25) is 0 Å². The Morgan fingerprint density at radius 3 is 2.69 bits per heavy atom. The van der Waals surface area contributed by atoms with Crippen molar-refractivity contribution in [3.63, 3.8) is 0 Å². The van der Waals surface area contributed by atoms with Crippen LogP contribution in [-0.2, 0) is 11.8 Å². The Morgan fingerprint density at radius 1 is 1.69 bits per heavy atom. The van der Waals surface area contributed by atoms with E-state index >= 15 is 0 Å². The van der Waals surface area contributed by atoms with Gasteiger partial charge >= 0.3 is 0 Å². The summed E-state index contributed by atoms with van der Waals surface area (Å²) in [6.45, 7) is 3.83. The van der Waals surface area contributed by atoms with Gasteiger partial charge in [0.25, 0.3) is 0 Å². The number of nitrogens with zero attached hydrogens (tertiary/aromatic N) is 2. The molecule has 0 spiro atoms. The van der Waals surface area contributed by atoms with Gasteiger partial charge in [0.05, 0.1) is 16.4 Å². The summed E-state index contributed by atoms with van der Waals surface area (Å²) < 4.78 is 1.74. The minimum Gasteiger partial charge on any atom is -0.303 e. The molecule has 4 heteroatoms.